The fraction of sp³-hybridized carbons (Fsp3) is 0.250. The monoisotopic (exact) mass is 253 g/mol. The maximum Gasteiger partial charge on any atom is 0.171 e. The summed E-state index contributed by atoms with van der Waals surface area (Å²) in [4.78, 5) is 16.6. The molecule has 0 amide bonds. The van der Waals surface area contributed by atoms with Crippen molar-refractivity contribution in [2.24, 2.45) is 5.92 Å². The number of hydrogen-bond donors (Lipinski definition) is 0. The lowest BCUT2D eigenvalue weighted by Crippen LogP contribution is -2.28. The summed E-state index contributed by atoms with van der Waals surface area (Å²) in [5.41, 5.74) is 2.78. The normalized spacial score (nSPS) is 17.4. The fourth-order valence-corrected chi connectivity index (χ4v) is 2.44. The maximum atomic E-state index is 12.5. The van der Waals surface area contributed by atoms with Gasteiger partial charge in [0.2, 0.25) is 0 Å². The lowest BCUT2D eigenvalue weighted by atomic mass is 9.89. The third kappa shape index (κ3) is 2.24. The van der Waals surface area contributed by atoms with E-state index < -0.39 is 0 Å². The minimum Gasteiger partial charge on any atom is -0.493 e. The van der Waals surface area contributed by atoms with Crippen molar-refractivity contribution in [1.29, 1.82) is 0 Å². The Morgan fingerprint density at radius 3 is 3.00 bits per heavy atom. The van der Waals surface area contributed by atoms with Crippen LogP contribution in [-0.2, 0) is 6.42 Å². The van der Waals surface area contributed by atoms with Crippen molar-refractivity contribution < 1.29 is 9.53 Å². The molecule has 96 valence electrons. The Morgan fingerprint density at radius 2 is 2.16 bits per heavy atom. The first-order valence-electron chi connectivity index (χ1n) is 6.41. The summed E-state index contributed by atoms with van der Waals surface area (Å²) in [6, 6.07) is 9.76. The van der Waals surface area contributed by atoms with Gasteiger partial charge in [0.05, 0.1) is 12.5 Å². The van der Waals surface area contributed by atoms with Crippen LogP contribution in [0.2, 0.25) is 0 Å². The number of ketones is 1. The van der Waals surface area contributed by atoms with Gasteiger partial charge in [-0.3, -0.25) is 9.78 Å². The molecule has 0 bridgehead atoms. The Kier molecular flexibility index (Phi) is 3.03. The van der Waals surface area contributed by atoms with Crippen LogP contribution in [-0.4, -0.2) is 17.4 Å². The molecule has 2 aromatic rings. The number of carbonyl (C=O) groups is 1. The molecule has 1 atom stereocenters. The lowest BCUT2D eigenvalue weighted by molar-refractivity contribution is 0.0854. The minimum absolute atomic E-state index is 0.113. The molecule has 0 N–H and O–H groups in total. The van der Waals surface area contributed by atoms with E-state index in [2.05, 4.69) is 4.98 Å². The molecule has 1 aromatic heterocycles. The Hall–Kier alpha value is -2.16. The van der Waals surface area contributed by atoms with Gasteiger partial charge in [-0.15, -0.1) is 0 Å². The molecule has 1 unspecified atom stereocenters. The highest BCUT2D eigenvalue weighted by Crippen LogP contribution is 2.28. The van der Waals surface area contributed by atoms with E-state index in [4.69, 9.17) is 4.74 Å². The van der Waals surface area contributed by atoms with Gasteiger partial charge in [-0.05, 0) is 36.6 Å². The van der Waals surface area contributed by atoms with E-state index in [-0.39, 0.29) is 11.7 Å². The topological polar surface area (TPSA) is 39.2 Å². The van der Waals surface area contributed by atoms with Crippen LogP contribution < -0.4 is 4.74 Å². The summed E-state index contributed by atoms with van der Waals surface area (Å²) in [7, 11) is 0. The van der Waals surface area contributed by atoms with E-state index in [0.29, 0.717) is 12.2 Å². The molecular formula is C16H15NO2. The molecule has 0 saturated carbocycles. The van der Waals surface area contributed by atoms with Crippen molar-refractivity contribution in [2.45, 2.75) is 13.3 Å². The smallest absolute Gasteiger partial charge is 0.171 e. The minimum atomic E-state index is -0.113. The standard InChI is InChI=1S/C16H15NO2/c1-11-6-7-17-9-14(11)16(18)13-8-12-4-2-3-5-15(12)19-10-13/h2-7,9,13H,8,10H2,1H3. The van der Waals surface area contributed by atoms with Gasteiger partial charge in [0.25, 0.3) is 0 Å². The van der Waals surface area contributed by atoms with Crippen molar-refractivity contribution in [3.63, 3.8) is 0 Å². The van der Waals surface area contributed by atoms with Crippen molar-refractivity contribution in [3.05, 3.63) is 59.4 Å². The van der Waals surface area contributed by atoms with Crippen molar-refractivity contribution >= 4 is 5.78 Å². The molecule has 0 fully saturated rings. The van der Waals surface area contributed by atoms with E-state index in [1.807, 2.05) is 37.3 Å². The predicted molar refractivity (Wildman–Crippen MR) is 72.4 cm³/mol. The van der Waals surface area contributed by atoms with Gasteiger partial charge >= 0.3 is 0 Å². The van der Waals surface area contributed by atoms with Crippen molar-refractivity contribution in [3.8, 4) is 5.75 Å². The average Bonchev–Trinajstić information content (AvgIpc) is 2.46. The number of aromatic nitrogens is 1. The molecule has 3 heteroatoms. The highest BCUT2D eigenvalue weighted by Gasteiger charge is 2.27. The predicted octanol–water partition coefficient (Wildman–Crippen LogP) is 2.82. The second-order valence-electron chi connectivity index (χ2n) is 4.87. The summed E-state index contributed by atoms with van der Waals surface area (Å²) in [6.45, 7) is 2.39. The number of para-hydroxylation sites is 1. The third-order valence-electron chi connectivity index (χ3n) is 3.55. The summed E-state index contributed by atoms with van der Waals surface area (Å²) in [5, 5.41) is 0. The van der Waals surface area contributed by atoms with Gasteiger partial charge in [-0.25, -0.2) is 0 Å². The first-order chi connectivity index (χ1) is 9.25. The van der Waals surface area contributed by atoms with E-state index in [0.717, 1.165) is 23.3 Å². The number of nitrogens with zero attached hydrogens (tertiary/aromatic N) is 1. The van der Waals surface area contributed by atoms with Gasteiger partial charge in [0.1, 0.15) is 5.75 Å². The number of ether oxygens (including phenoxy) is 1. The number of hydrogen-bond acceptors (Lipinski definition) is 3. The molecule has 1 aromatic carbocycles. The Morgan fingerprint density at radius 1 is 1.32 bits per heavy atom. The number of fused-ring (bicyclic) bond motifs is 1. The SMILES string of the molecule is Cc1ccncc1C(=O)C1COc2ccccc2C1. The van der Waals surface area contributed by atoms with Gasteiger partial charge in [0.15, 0.2) is 5.78 Å². The third-order valence-corrected chi connectivity index (χ3v) is 3.55. The molecule has 1 aliphatic rings. The molecular weight excluding hydrogens is 238 g/mol. The quantitative estimate of drug-likeness (QED) is 0.772. The molecule has 2 heterocycles. The number of rotatable bonds is 2. The van der Waals surface area contributed by atoms with Gasteiger partial charge < -0.3 is 4.74 Å². The van der Waals surface area contributed by atoms with Crippen LogP contribution in [0.5, 0.6) is 5.75 Å². The number of carbonyl (C=O) groups excluding carboxylic acids is 1. The van der Waals surface area contributed by atoms with Crippen LogP contribution in [0.4, 0.5) is 0 Å². The van der Waals surface area contributed by atoms with Crippen LogP contribution in [0.15, 0.2) is 42.7 Å². The molecule has 19 heavy (non-hydrogen) atoms. The lowest BCUT2D eigenvalue weighted by Gasteiger charge is -2.24. The first-order valence-corrected chi connectivity index (χ1v) is 6.41. The Balaban J connectivity index is 1.86. The Bertz CT molecular complexity index is 622. The van der Waals surface area contributed by atoms with Gasteiger partial charge in [-0.2, -0.15) is 0 Å². The summed E-state index contributed by atoms with van der Waals surface area (Å²) in [5.74, 6) is 0.910. The zero-order chi connectivity index (χ0) is 13.2. The van der Waals surface area contributed by atoms with E-state index in [1.165, 1.54) is 0 Å². The summed E-state index contributed by atoms with van der Waals surface area (Å²) in [6.07, 6.45) is 4.10. The molecule has 0 spiro atoms. The fourth-order valence-electron chi connectivity index (χ4n) is 2.44. The highest BCUT2D eigenvalue weighted by molar-refractivity contribution is 5.99. The molecule has 1 aliphatic heterocycles. The number of benzene rings is 1. The average molecular weight is 253 g/mol. The van der Waals surface area contributed by atoms with E-state index >= 15 is 0 Å². The van der Waals surface area contributed by atoms with Crippen LogP contribution in [0, 0.1) is 12.8 Å². The van der Waals surface area contributed by atoms with Crippen LogP contribution >= 0.6 is 0 Å². The first kappa shape index (κ1) is 11.9. The number of Topliss-reactive ketones (excluding diaryl/α,β-unsaturated/α-hetero) is 1. The molecule has 0 aliphatic carbocycles. The maximum absolute atomic E-state index is 12.5. The molecule has 0 radical (unpaired) electrons. The number of aryl methyl sites for hydroxylation is 1. The highest BCUT2D eigenvalue weighted by atomic mass is 16.5. The largest absolute Gasteiger partial charge is 0.493 e. The van der Waals surface area contributed by atoms with Crippen molar-refractivity contribution in [2.75, 3.05) is 6.61 Å². The van der Waals surface area contributed by atoms with Crippen LogP contribution in [0.3, 0.4) is 0 Å². The second kappa shape index (κ2) is 4.84. The van der Waals surface area contributed by atoms with E-state index in [9.17, 15) is 4.79 Å². The van der Waals surface area contributed by atoms with Crippen LogP contribution in [0.25, 0.3) is 0 Å². The zero-order valence-electron chi connectivity index (χ0n) is 10.8. The zero-order valence-corrected chi connectivity index (χ0v) is 10.8. The Labute approximate surface area is 112 Å². The van der Waals surface area contributed by atoms with Gasteiger partial charge in [0, 0.05) is 18.0 Å². The molecule has 3 rings (SSSR count). The summed E-state index contributed by atoms with van der Waals surface area (Å²) < 4.78 is 5.68. The molecule has 3 nitrogen and oxygen atoms in total. The second-order valence-corrected chi connectivity index (χ2v) is 4.87. The van der Waals surface area contributed by atoms with Gasteiger partial charge in [-0.1, -0.05) is 18.2 Å². The van der Waals surface area contributed by atoms with Crippen LogP contribution in [0.1, 0.15) is 21.5 Å². The number of pyridine rings is 1. The van der Waals surface area contributed by atoms with Crippen molar-refractivity contribution in [1.82, 2.24) is 4.98 Å². The van der Waals surface area contributed by atoms with E-state index in [1.54, 1.807) is 12.4 Å². The molecule has 0 saturated heterocycles. The summed E-state index contributed by atoms with van der Waals surface area (Å²) >= 11 is 0.